The SMILES string of the molecule is CNC(=O)[C@H]1CCCCN1C(=O)c1ccc(C(C)=O)s1. The number of rotatable bonds is 3. The van der Waals surface area contributed by atoms with Gasteiger partial charge in [-0.1, -0.05) is 0 Å². The Morgan fingerprint density at radius 2 is 1.95 bits per heavy atom. The summed E-state index contributed by atoms with van der Waals surface area (Å²) in [5.41, 5.74) is 0. The van der Waals surface area contributed by atoms with Crippen molar-refractivity contribution in [1.29, 1.82) is 0 Å². The highest BCUT2D eigenvalue weighted by Gasteiger charge is 2.32. The first-order valence-corrected chi connectivity index (χ1v) is 7.49. The molecule has 0 aromatic carbocycles. The minimum atomic E-state index is -0.399. The van der Waals surface area contributed by atoms with Crippen molar-refractivity contribution in [2.24, 2.45) is 0 Å². The molecule has 1 saturated heterocycles. The Morgan fingerprint density at radius 3 is 2.55 bits per heavy atom. The lowest BCUT2D eigenvalue weighted by molar-refractivity contribution is -0.126. The summed E-state index contributed by atoms with van der Waals surface area (Å²) in [6.45, 7) is 2.07. The fourth-order valence-electron chi connectivity index (χ4n) is 2.40. The van der Waals surface area contributed by atoms with Gasteiger partial charge in [-0.15, -0.1) is 11.3 Å². The molecular formula is C14H18N2O3S. The third-order valence-corrected chi connectivity index (χ3v) is 4.65. The van der Waals surface area contributed by atoms with Gasteiger partial charge in [0.25, 0.3) is 5.91 Å². The molecule has 2 amide bonds. The van der Waals surface area contributed by atoms with Crippen molar-refractivity contribution in [2.45, 2.75) is 32.2 Å². The average Bonchev–Trinajstić information content (AvgIpc) is 2.95. The van der Waals surface area contributed by atoms with Crippen LogP contribution >= 0.6 is 11.3 Å². The van der Waals surface area contributed by atoms with Gasteiger partial charge < -0.3 is 10.2 Å². The lowest BCUT2D eigenvalue weighted by atomic mass is 10.0. The van der Waals surface area contributed by atoms with E-state index < -0.39 is 6.04 Å². The number of nitrogens with one attached hydrogen (secondary N) is 1. The normalized spacial score (nSPS) is 18.7. The molecule has 5 nitrogen and oxygen atoms in total. The molecule has 0 bridgehead atoms. The monoisotopic (exact) mass is 294 g/mol. The first-order valence-electron chi connectivity index (χ1n) is 6.68. The summed E-state index contributed by atoms with van der Waals surface area (Å²) >= 11 is 1.19. The smallest absolute Gasteiger partial charge is 0.264 e. The van der Waals surface area contributed by atoms with E-state index in [2.05, 4.69) is 5.32 Å². The molecule has 1 aromatic heterocycles. The average molecular weight is 294 g/mol. The van der Waals surface area contributed by atoms with Gasteiger partial charge in [0, 0.05) is 13.6 Å². The second-order valence-electron chi connectivity index (χ2n) is 4.84. The van der Waals surface area contributed by atoms with Crippen LogP contribution in [0.25, 0.3) is 0 Å². The van der Waals surface area contributed by atoms with Crippen molar-refractivity contribution >= 4 is 28.9 Å². The molecule has 0 spiro atoms. The van der Waals surface area contributed by atoms with Gasteiger partial charge in [0.2, 0.25) is 5.91 Å². The van der Waals surface area contributed by atoms with Crippen LogP contribution in [0.3, 0.4) is 0 Å². The molecule has 0 radical (unpaired) electrons. The number of carbonyl (C=O) groups excluding carboxylic acids is 3. The second kappa shape index (κ2) is 6.17. The van der Waals surface area contributed by atoms with Crippen molar-refractivity contribution in [3.05, 3.63) is 21.9 Å². The van der Waals surface area contributed by atoms with Gasteiger partial charge in [-0.3, -0.25) is 14.4 Å². The predicted molar refractivity (Wildman–Crippen MR) is 77.1 cm³/mol. The quantitative estimate of drug-likeness (QED) is 0.863. The van der Waals surface area contributed by atoms with Crippen LogP contribution in [-0.2, 0) is 4.79 Å². The third kappa shape index (κ3) is 2.90. The number of likely N-dealkylation sites (tertiary alicyclic amines) is 1. The highest BCUT2D eigenvalue weighted by molar-refractivity contribution is 7.15. The lowest BCUT2D eigenvalue weighted by Gasteiger charge is -2.34. The molecule has 1 fully saturated rings. The number of ketones is 1. The van der Waals surface area contributed by atoms with E-state index in [9.17, 15) is 14.4 Å². The number of amides is 2. The molecule has 20 heavy (non-hydrogen) atoms. The van der Waals surface area contributed by atoms with E-state index in [0.29, 0.717) is 22.7 Å². The molecule has 108 valence electrons. The largest absolute Gasteiger partial charge is 0.357 e. The van der Waals surface area contributed by atoms with E-state index in [4.69, 9.17) is 0 Å². The summed E-state index contributed by atoms with van der Waals surface area (Å²) in [4.78, 5) is 38.4. The Hall–Kier alpha value is -1.69. The van der Waals surface area contributed by atoms with Gasteiger partial charge in [0.15, 0.2) is 5.78 Å². The van der Waals surface area contributed by atoms with Crippen LogP contribution in [0, 0.1) is 0 Å². The summed E-state index contributed by atoms with van der Waals surface area (Å²) in [5.74, 6) is -0.326. The van der Waals surface area contributed by atoms with Gasteiger partial charge in [-0.2, -0.15) is 0 Å². The third-order valence-electron chi connectivity index (χ3n) is 3.48. The highest BCUT2D eigenvalue weighted by Crippen LogP contribution is 2.24. The molecule has 1 atom stereocenters. The molecule has 2 heterocycles. The van der Waals surface area contributed by atoms with Crippen molar-refractivity contribution in [2.75, 3.05) is 13.6 Å². The molecule has 1 aliphatic rings. The van der Waals surface area contributed by atoms with Crippen LogP contribution < -0.4 is 5.32 Å². The summed E-state index contributed by atoms with van der Waals surface area (Å²) < 4.78 is 0. The minimum Gasteiger partial charge on any atom is -0.357 e. The molecule has 1 N–H and O–H groups in total. The zero-order valence-electron chi connectivity index (χ0n) is 11.6. The van der Waals surface area contributed by atoms with Crippen LogP contribution in [-0.4, -0.2) is 42.1 Å². The van der Waals surface area contributed by atoms with Gasteiger partial charge in [-0.25, -0.2) is 0 Å². The van der Waals surface area contributed by atoms with Crippen molar-refractivity contribution in [1.82, 2.24) is 10.2 Å². The fourth-order valence-corrected chi connectivity index (χ4v) is 3.25. The summed E-state index contributed by atoms with van der Waals surface area (Å²) in [6.07, 6.45) is 2.55. The Bertz CT molecular complexity index is 538. The number of nitrogens with zero attached hydrogens (tertiary/aromatic N) is 1. The van der Waals surface area contributed by atoms with Crippen LogP contribution in [0.15, 0.2) is 12.1 Å². The predicted octanol–water partition coefficient (Wildman–Crippen LogP) is 1.69. The van der Waals surface area contributed by atoms with Gasteiger partial charge in [-0.05, 0) is 38.3 Å². The number of thiophene rings is 1. The topological polar surface area (TPSA) is 66.5 Å². The van der Waals surface area contributed by atoms with E-state index >= 15 is 0 Å². The maximum atomic E-state index is 12.5. The Morgan fingerprint density at radius 1 is 1.25 bits per heavy atom. The molecule has 1 aliphatic heterocycles. The highest BCUT2D eigenvalue weighted by atomic mass is 32.1. The van der Waals surface area contributed by atoms with Crippen LogP contribution in [0.1, 0.15) is 45.5 Å². The first kappa shape index (κ1) is 14.7. The number of carbonyl (C=O) groups is 3. The number of hydrogen-bond donors (Lipinski definition) is 1. The summed E-state index contributed by atoms with van der Waals surface area (Å²) in [7, 11) is 1.58. The van der Waals surface area contributed by atoms with Crippen LogP contribution in [0.2, 0.25) is 0 Å². The van der Waals surface area contributed by atoms with E-state index in [-0.39, 0.29) is 17.6 Å². The maximum absolute atomic E-state index is 12.5. The Balaban J connectivity index is 2.20. The van der Waals surface area contributed by atoms with E-state index in [0.717, 1.165) is 12.8 Å². The van der Waals surface area contributed by atoms with E-state index in [1.807, 2.05) is 0 Å². The number of hydrogen-bond acceptors (Lipinski definition) is 4. The first-order chi connectivity index (χ1) is 9.54. The van der Waals surface area contributed by atoms with E-state index in [1.165, 1.54) is 18.3 Å². The zero-order valence-corrected chi connectivity index (χ0v) is 12.5. The zero-order chi connectivity index (χ0) is 14.7. The van der Waals surface area contributed by atoms with Gasteiger partial charge >= 0.3 is 0 Å². The lowest BCUT2D eigenvalue weighted by Crippen LogP contribution is -2.51. The van der Waals surface area contributed by atoms with Crippen LogP contribution in [0.5, 0.6) is 0 Å². The fraction of sp³-hybridized carbons (Fsp3) is 0.500. The summed E-state index contributed by atoms with van der Waals surface area (Å²) in [5, 5.41) is 2.61. The van der Waals surface area contributed by atoms with Gasteiger partial charge in [0.05, 0.1) is 9.75 Å². The molecule has 2 rings (SSSR count). The Labute approximate surface area is 122 Å². The Kier molecular flexibility index (Phi) is 4.54. The molecule has 0 unspecified atom stereocenters. The second-order valence-corrected chi connectivity index (χ2v) is 5.93. The van der Waals surface area contributed by atoms with Crippen molar-refractivity contribution < 1.29 is 14.4 Å². The summed E-state index contributed by atoms with van der Waals surface area (Å²) in [6, 6.07) is 2.93. The number of piperidine rings is 1. The standard InChI is InChI=1S/C14H18N2O3S/c1-9(17)11-6-7-12(20-11)14(19)16-8-4-3-5-10(16)13(18)15-2/h6-7,10H,3-5,8H2,1-2H3,(H,15,18)/t10-/m1/s1. The molecule has 0 saturated carbocycles. The van der Waals surface area contributed by atoms with Gasteiger partial charge in [0.1, 0.15) is 6.04 Å². The van der Waals surface area contributed by atoms with Crippen molar-refractivity contribution in [3.8, 4) is 0 Å². The van der Waals surface area contributed by atoms with Crippen molar-refractivity contribution in [3.63, 3.8) is 0 Å². The molecule has 6 heteroatoms. The molecule has 0 aliphatic carbocycles. The maximum Gasteiger partial charge on any atom is 0.264 e. The van der Waals surface area contributed by atoms with Crippen LogP contribution in [0.4, 0.5) is 0 Å². The molecule has 1 aromatic rings. The molecular weight excluding hydrogens is 276 g/mol. The number of likely N-dealkylation sites (N-methyl/N-ethyl adjacent to an activating group) is 1. The minimum absolute atomic E-state index is 0.0458. The number of Topliss-reactive ketones (excluding diaryl/α,β-unsaturated/α-hetero) is 1. The van der Waals surface area contributed by atoms with E-state index in [1.54, 1.807) is 24.1 Å².